The van der Waals surface area contributed by atoms with Crippen molar-refractivity contribution in [3.05, 3.63) is 29.3 Å². The summed E-state index contributed by atoms with van der Waals surface area (Å²) in [6.45, 7) is 6.22. The van der Waals surface area contributed by atoms with E-state index in [-0.39, 0.29) is 12.7 Å². The van der Waals surface area contributed by atoms with E-state index in [1.165, 1.54) is 5.56 Å². The quantitative estimate of drug-likeness (QED) is 0.797. The average molecular weight is 194 g/mol. The van der Waals surface area contributed by atoms with E-state index in [1.807, 2.05) is 39.0 Å². The van der Waals surface area contributed by atoms with E-state index in [2.05, 4.69) is 0 Å². The summed E-state index contributed by atoms with van der Waals surface area (Å²) >= 11 is 0. The highest BCUT2D eigenvalue weighted by atomic mass is 16.5. The maximum atomic E-state index is 8.95. The number of ether oxygens (including phenoxy) is 1. The number of rotatable bonds is 4. The van der Waals surface area contributed by atoms with Gasteiger partial charge in [0.1, 0.15) is 5.75 Å². The van der Waals surface area contributed by atoms with Crippen LogP contribution in [0.2, 0.25) is 0 Å². The number of aryl methyl sites for hydroxylation is 1. The molecule has 2 nitrogen and oxygen atoms in total. The SMILES string of the molecule is Cc1cccc(OC(C)C)c1CCO. The Kier molecular flexibility index (Phi) is 3.96. The van der Waals surface area contributed by atoms with Gasteiger partial charge in [-0.05, 0) is 44.4 Å². The van der Waals surface area contributed by atoms with Crippen LogP contribution in [-0.4, -0.2) is 17.8 Å². The minimum atomic E-state index is 0.166. The van der Waals surface area contributed by atoms with Crippen LogP contribution < -0.4 is 4.74 Å². The Hall–Kier alpha value is -1.02. The van der Waals surface area contributed by atoms with E-state index in [9.17, 15) is 0 Å². The van der Waals surface area contributed by atoms with Crippen LogP contribution in [0, 0.1) is 6.92 Å². The summed E-state index contributed by atoms with van der Waals surface area (Å²) in [4.78, 5) is 0. The highest BCUT2D eigenvalue weighted by Gasteiger charge is 2.07. The normalized spacial score (nSPS) is 10.6. The van der Waals surface area contributed by atoms with Crippen LogP contribution in [0.5, 0.6) is 5.75 Å². The largest absolute Gasteiger partial charge is 0.491 e. The fourth-order valence-corrected chi connectivity index (χ4v) is 1.47. The Morgan fingerprint density at radius 1 is 1.36 bits per heavy atom. The predicted molar refractivity (Wildman–Crippen MR) is 57.7 cm³/mol. The Balaban J connectivity index is 2.95. The highest BCUT2D eigenvalue weighted by molar-refractivity contribution is 5.39. The van der Waals surface area contributed by atoms with Gasteiger partial charge in [-0.1, -0.05) is 12.1 Å². The smallest absolute Gasteiger partial charge is 0.123 e. The van der Waals surface area contributed by atoms with Crippen LogP contribution in [0.1, 0.15) is 25.0 Å². The zero-order chi connectivity index (χ0) is 10.6. The van der Waals surface area contributed by atoms with E-state index in [0.29, 0.717) is 6.42 Å². The maximum Gasteiger partial charge on any atom is 0.123 e. The lowest BCUT2D eigenvalue weighted by Gasteiger charge is -2.15. The lowest BCUT2D eigenvalue weighted by Crippen LogP contribution is -2.09. The Morgan fingerprint density at radius 2 is 2.07 bits per heavy atom. The number of hydrogen-bond acceptors (Lipinski definition) is 2. The Labute approximate surface area is 85.5 Å². The Morgan fingerprint density at radius 3 is 2.64 bits per heavy atom. The molecule has 0 radical (unpaired) electrons. The lowest BCUT2D eigenvalue weighted by atomic mass is 10.1. The number of aliphatic hydroxyl groups excluding tert-OH is 1. The van der Waals surface area contributed by atoms with E-state index in [0.717, 1.165) is 11.3 Å². The third-order valence-electron chi connectivity index (χ3n) is 2.09. The van der Waals surface area contributed by atoms with Crippen molar-refractivity contribution in [2.75, 3.05) is 6.61 Å². The van der Waals surface area contributed by atoms with Gasteiger partial charge in [0.25, 0.3) is 0 Å². The van der Waals surface area contributed by atoms with Crippen molar-refractivity contribution in [3.8, 4) is 5.75 Å². The van der Waals surface area contributed by atoms with Crippen molar-refractivity contribution >= 4 is 0 Å². The molecule has 0 spiro atoms. The van der Waals surface area contributed by atoms with Crippen LogP contribution in [-0.2, 0) is 6.42 Å². The van der Waals surface area contributed by atoms with Gasteiger partial charge in [0.2, 0.25) is 0 Å². The molecular formula is C12H18O2. The molecule has 0 fully saturated rings. The van der Waals surface area contributed by atoms with Gasteiger partial charge in [-0.25, -0.2) is 0 Å². The molecule has 1 aromatic rings. The molecule has 0 atom stereocenters. The molecule has 0 saturated carbocycles. The van der Waals surface area contributed by atoms with Gasteiger partial charge in [0, 0.05) is 6.61 Å². The first-order chi connectivity index (χ1) is 6.65. The minimum absolute atomic E-state index is 0.166. The number of benzene rings is 1. The molecule has 0 unspecified atom stereocenters. The van der Waals surface area contributed by atoms with Crippen molar-refractivity contribution < 1.29 is 9.84 Å². The first-order valence-corrected chi connectivity index (χ1v) is 5.01. The maximum absolute atomic E-state index is 8.95. The summed E-state index contributed by atoms with van der Waals surface area (Å²) in [7, 11) is 0. The summed E-state index contributed by atoms with van der Waals surface area (Å²) in [5.74, 6) is 0.897. The molecule has 0 aromatic heterocycles. The second-order valence-corrected chi connectivity index (χ2v) is 3.69. The molecule has 78 valence electrons. The molecule has 2 heteroatoms. The number of hydrogen-bond donors (Lipinski definition) is 1. The van der Waals surface area contributed by atoms with Gasteiger partial charge in [0.15, 0.2) is 0 Å². The molecule has 0 bridgehead atoms. The van der Waals surface area contributed by atoms with Crippen molar-refractivity contribution in [1.29, 1.82) is 0 Å². The van der Waals surface area contributed by atoms with Crippen molar-refractivity contribution in [3.63, 3.8) is 0 Å². The topological polar surface area (TPSA) is 29.5 Å². The molecule has 0 amide bonds. The summed E-state index contributed by atoms with van der Waals surface area (Å²) in [5, 5.41) is 8.95. The average Bonchev–Trinajstić information content (AvgIpc) is 2.10. The first-order valence-electron chi connectivity index (χ1n) is 5.01. The van der Waals surface area contributed by atoms with Gasteiger partial charge in [-0.15, -0.1) is 0 Å². The fourth-order valence-electron chi connectivity index (χ4n) is 1.47. The van der Waals surface area contributed by atoms with E-state index >= 15 is 0 Å². The van der Waals surface area contributed by atoms with Gasteiger partial charge < -0.3 is 9.84 Å². The summed E-state index contributed by atoms with van der Waals surface area (Å²) < 4.78 is 5.67. The monoisotopic (exact) mass is 194 g/mol. The molecule has 0 saturated heterocycles. The second kappa shape index (κ2) is 5.01. The molecule has 1 rings (SSSR count). The second-order valence-electron chi connectivity index (χ2n) is 3.69. The van der Waals surface area contributed by atoms with Gasteiger partial charge in [-0.3, -0.25) is 0 Å². The van der Waals surface area contributed by atoms with Gasteiger partial charge in [-0.2, -0.15) is 0 Å². The number of aliphatic hydroxyl groups is 1. The van der Waals surface area contributed by atoms with Crippen molar-refractivity contribution in [1.82, 2.24) is 0 Å². The van der Waals surface area contributed by atoms with Crippen molar-refractivity contribution in [2.45, 2.75) is 33.3 Å². The molecule has 0 heterocycles. The molecule has 14 heavy (non-hydrogen) atoms. The van der Waals surface area contributed by atoms with Crippen LogP contribution in [0.15, 0.2) is 18.2 Å². The van der Waals surface area contributed by atoms with Gasteiger partial charge in [0.05, 0.1) is 6.10 Å². The molecule has 1 aromatic carbocycles. The zero-order valence-electron chi connectivity index (χ0n) is 9.08. The third kappa shape index (κ3) is 2.74. The lowest BCUT2D eigenvalue weighted by molar-refractivity contribution is 0.236. The minimum Gasteiger partial charge on any atom is -0.491 e. The predicted octanol–water partition coefficient (Wildman–Crippen LogP) is 2.32. The summed E-state index contributed by atoms with van der Waals surface area (Å²) in [6, 6.07) is 5.98. The molecular weight excluding hydrogens is 176 g/mol. The Bertz CT molecular complexity index is 292. The third-order valence-corrected chi connectivity index (χ3v) is 2.09. The highest BCUT2D eigenvalue weighted by Crippen LogP contribution is 2.23. The van der Waals surface area contributed by atoms with E-state index < -0.39 is 0 Å². The van der Waals surface area contributed by atoms with Gasteiger partial charge >= 0.3 is 0 Å². The molecule has 1 N–H and O–H groups in total. The molecule has 0 aliphatic heterocycles. The van der Waals surface area contributed by atoms with Crippen LogP contribution in [0.3, 0.4) is 0 Å². The van der Waals surface area contributed by atoms with E-state index in [1.54, 1.807) is 0 Å². The molecule has 0 aliphatic carbocycles. The first kappa shape index (κ1) is 11.1. The summed E-state index contributed by atoms with van der Waals surface area (Å²) in [5.41, 5.74) is 2.29. The van der Waals surface area contributed by atoms with Crippen LogP contribution in [0.25, 0.3) is 0 Å². The zero-order valence-corrected chi connectivity index (χ0v) is 9.08. The van der Waals surface area contributed by atoms with Crippen LogP contribution >= 0.6 is 0 Å². The molecule has 0 aliphatic rings. The fraction of sp³-hybridized carbons (Fsp3) is 0.500. The van der Waals surface area contributed by atoms with Crippen molar-refractivity contribution in [2.24, 2.45) is 0 Å². The summed E-state index contributed by atoms with van der Waals surface area (Å²) in [6.07, 6.45) is 0.837. The standard InChI is InChI=1S/C12H18O2/c1-9(2)14-12-6-4-5-10(3)11(12)7-8-13/h4-6,9,13H,7-8H2,1-3H3. The van der Waals surface area contributed by atoms with E-state index in [4.69, 9.17) is 9.84 Å². The van der Waals surface area contributed by atoms with Crippen LogP contribution in [0.4, 0.5) is 0 Å².